The molecule has 1 aliphatic heterocycles. The van der Waals surface area contributed by atoms with E-state index in [0.29, 0.717) is 11.4 Å². The smallest absolute Gasteiger partial charge is 0.325 e. The van der Waals surface area contributed by atoms with Gasteiger partial charge in [-0.25, -0.2) is 4.79 Å². The van der Waals surface area contributed by atoms with E-state index in [0.717, 1.165) is 27.3 Å². The van der Waals surface area contributed by atoms with Crippen LogP contribution in [-0.2, 0) is 30.4 Å². The van der Waals surface area contributed by atoms with Crippen molar-refractivity contribution in [2.24, 2.45) is 5.92 Å². The molecule has 4 atom stereocenters. The molecule has 4 N–H and O–H groups in total. The fraction of sp³-hybridized carbons (Fsp3) is 0.344. The number of rotatable bonds is 11. The fourth-order valence-electron chi connectivity index (χ4n) is 4.63. The predicted molar refractivity (Wildman–Crippen MR) is 165 cm³/mol. The van der Waals surface area contributed by atoms with Crippen molar-refractivity contribution in [3.8, 4) is 0 Å². The zero-order chi connectivity index (χ0) is 30.8. The Morgan fingerprint density at radius 1 is 0.930 bits per heavy atom. The van der Waals surface area contributed by atoms with Gasteiger partial charge < -0.3 is 35.3 Å². The van der Waals surface area contributed by atoms with Crippen LogP contribution in [0.5, 0.6) is 0 Å². The minimum Gasteiger partial charge on any atom is -0.465 e. The van der Waals surface area contributed by atoms with E-state index in [2.05, 4.69) is 22.9 Å². The largest absolute Gasteiger partial charge is 0.465 e. The molecule has 3 aromatic rings. The Balaban J connectivity index is 1.50. The van der Waals surface area contributed by atoms with Gasteiger partial charge >= 0.3 is 12.0 Å². The summed E-state index contributed by atoms with van der Waals surface area (Å²) in [5.74, 6) is 0.0120. The van der Waals surface area contributed by atoms with Crippen LogP contribution in [0, 0.1) is 5.92 Å². The van der Waals surface area contributed by atoms with E-state index >= 15 is 0 Å². The molecule has 0 spiro atoms. The number of aliphatic hydroxyl groups excluding tert-OH is 1. The number of benzene rings is 3. The maximum Gasteiger partial charge on any atom is 0.325 e. The van der Waals surface area contributed by atoms with Gasteiger partial charge in [-0.15, -0.1) is 11.8 Å². The monoisotopic (exact) mass is 607 g/mol. The molecule has 3 amide bonds. The Kier molecular flexibility index (Phi) is 11.6. The van der Waals surface area contributed by atoms with Crippen molar-refractivity contribution in [2.75, 3.05) is 29.5 Å². The molecule has 1 saturated heterocycles. The minimum atomic E-state index is -0.712. The number of hydrogen-bond acceptors (Lipinski definition) is 8. The molecule has 4 rings (SSSR count). The summed E-state index contributed by atoms with van der Waals surface area (Å²) < 4.78 is 17.9. The van der Waals surface area contributed by atoms with Crippen molar-refractivity contribution < 1.29 is 33.7 Å². The van der Waals surface area contributed by atoms with Gasteiger partial charge in [0.2, 0.25) is 5.91 Å². The SMILES string of the molecule is CCOC(=O)CNC(=O)Nc1cccc([C@H]2O[C@@H](CSc3ccc(NC(C)=O)cc3)[C@@H](C)[C@@H](c3ccc(CO)cc3)O2)c1. The van der Waals surface area contributed by atoms with E-state index in [1.54, 1.807) is 36.9 Å². The minimum absolute atomic E-state index is 0.00246. The Bertz CT molecular complexity index is 1380. The standard InChI is InChI=1S/C32H37N3O7S/c1-4-40-29(38)17-33-32(39)35-26-7-5-6-24(16-26)31-41-28(19-43-27-14-12-25(13-15-27)34-21(3)37)20(2)30(42-31)23-10-8-22(18-36)9-11-23/h5-16,20,28,30-31,36H,4,17-19H2,1-3H3,(H,34,37)(H2,33,35,39)/t20-,28+,30+,31+/m1/s1. The first-order valence-corrected chi connectivity index (χ1v) is 15.1. The average molecular weight is 608 g/mol. The number of esters is 1. The number of aliphatic hydroxyl groups is 1. The van der Waals surface area contributed by atoms with Crippen LogP contribution in [0.15, 0.2) is 77.7 Å². The fourth-order valence-corrected chi connectivity index (χ4v) is 5.70. The van der Waals surface area contributed by atoms with E-state index in [4.69, 9.17) is 14.2 Å². The van der Waals surface area contributed by atoms with Gasteiger partial charge in [0.1, 0.15) is 6.54 Å². The zero-order valence-corrected chi connectivity index (χ0v) is 25.2. The highest BCUT2D eigenvalue weighted by molar-refractivity contribution is 7.99. The number of hydrogen-bond donors (Lipinski definition) is 4. The molecule has 1 aliphatic rings. The number of ether oxygens (including phenoxy) is 3. The van der Waals surface area contributed by atoms with Gasteiger partial charge in [-0.3, -0.25) is 9.59 Å². The molecule has 0 bridgehead atoms. The van der Waals surface area contributed by atoms with Crippen molar-refractivity contribution in [1.29, 1.82) is 0 Å². The second-order valence-corrected chi connectivity index (χ2v) is 11.2. The molecule has 0 saturated carbocycles. The highest BCUT2D eigenvalue weighted by atomic mass is 32.2. The number of anilines is 2. The summed E-state index contributed by atoms with van der Waals surface area (Å²) in [6, 6.07) is 22.0. The van der Waals surface area contributed by atoms with E-state index < -0.39 is 18.3 Å². The lowest BCUT2D eigenvalue weighted by atomic mass is 9.91. The van der Waals surface area contributed by atoms with Gasteiger partial charge in [0, 0.05) is 40.4 Å². The van der Waals surface area contributed by atoms with Crippen molar-refractivity contribution in [1.82, 2.24) is 5.32 Å². The normalized spacial score (nSPS) is 19.7. The lowest BCUT2D eigenvalue weighted by Crippen LogP contribution is -2.38. The van der Waals surface area contributed by atoms with Crippen LogP contribution in [0.2, 0.25) is 0 Å². The Morgan fingerprint density at radius 3 is 2.35 bits per heavy atom. The van der Waals surface area contributed by atoms with Crippen molar-refractivity contribution in [3.05, 3.63) is 89.5 Å². The Hall–Kier alpha value is -3.90. The third-order valence-electron chi connectivity index (χ3n) is 6.83. The van der Waals surface area contributed by atoms with Gasteiger partial charge in [-0.1, -0.05) is 43.3 Å². The summed E-state index contributed by atoms with van der Waals surface area (Å²) in [7, 11) is 0. The van der Waals surface area contributed by atoms with Crippen LogP contribution in [0.3, 0.4) is 0 Å². The quantitative estimate of drug-likeness (QED) is 0.168. The first-order chi connectivity index (χ1) is 20.7. The summed E-state index contributed by atoms with van der Waals surface area (Å²) in [5.41, 5.74) is 3.76. The van der Waals surface area contributed by atoms with Gasteiger partial charge in [0.15, 0.2) is 6.29 Å². The molecule has 228 valence electrons. The summed E-state index contributed by atoms with van der Waals surface area (Å²) in [4.78, 5) is 36.3. The van der Waals surface area contributed by atoms with Crippen LogP contribution in [0.4, 0.5) is 16.2 Å². The van der Waals surface area contributed by atoms with Gasteiger partial charge in [0.25, 0.3) is 0 Å². The van der Waals surface area contributed by atoms with Crippen molar-refractivity contribution in [2.45, 2.75) is 50.8 Å². The summed E-state index contributed by atoms with van der Waals surface area (Å²) >= 11 is 1.65. The molecule has 3 aromatic carbocycles. The highest BCUT2D eigenvalue weighted by Gasteiger charge is 2.38. The topological polar surface area (TPSA) is 135 Å². The molecule has 1 fully saturated rings. The predicted octanol–water partition coefficient (Wildman–Crippen LogP) is 5.41. The number of amides is 3. The Morgan fingerprint density at radius 2 is 1.67 bits per heavy atom. The maximum absolute atomic E-state index is 12.4. The molecule has 43 heavy (non-hydrogen) atoms. The van der Waals surface area contributed by atoms with Gasteiger partial charge in [-0.2, -0.15) is 0 Å². The van der Waals surface area contributed by atoms with Crippen molar-refractivity contribution >= 4 is 41.0 Å². The molecular formula is C32H37N3O7S. The average Bonchev–Trinajstić information content (AvgIpc) is 3.00. The van der Waals surface area contributed by atoms with Crippen LogP contribution in [0.25, 0.3) is 0 Å². The summed E-state index contributed by atoms with van der Waals surface area (Å²) in [6.45, 7) is 5.23. The molecule has 0 aliphatic carbocycles. The molecule has 1 heterocycles. The summed E-state index contributed by atoms with van der Waals surface area (Å²) in [6.07, 6.45) is -1.19. The number of carbonyl (C=O) groups is 3. The van der Waals surface area contributed by atoms with E-state index in [1.165, 1.54) is 6.92 Å². The lowest BCUT2D eigenvalue weighted by Gasteiger charge is -2.41. The number of thioether (sulfide) groups is 1. The first kappa shape index (κ1) is 32.0. The highest BCUT2D eigenvalue weighted by Crippen LogP contribution is 2.43. The van der Waals surface area contributed by atoms with E-state index in [-0.39, 0.29) is 43.8 Å². The number of carbonyl (C=O) groups excluding carboxylic acids is 3. The van der Waals surface area contributed by atoms with E-state index in [9.17, 15) is 19.5 Å². The van der Waals surface area contributed by atoms with Crippen molar-refractivity contribution in [3.63, 3.8) is 0 Å². The molecule has 0 radical (unpaired) electrons. The zero-order valence-electron chi connectivity index (χ0n) is 24.4. The third kappa shape index (κ3) is 9.29. The number of urea groups is 1. The second kappa shape index (κ2) is 15.5. The van der Waals surface area contributed by atoms with Crippen LogP contribution in [0.1, 0.15) is 49.9 Å². The first-order valence-electron chi connectivity index (χ1n) is 14.1. The third-order valence-corrected chi connectivity index (χ3v) is 7.93. The molecule has 0 unspecified atom stereocenters. The van der Waals surface area contributed by atoms with E-state index in [1.807, 2.05) is 54.6 Å². The van der Waals surface area contributed by atoms with Gasteiger partial charge in [-0.05, 0) is 54.4 Å². The molecular weight excluding hydrogens is 570 g/mol. The maximum atomic E-state index is 12.4. The van der Waals surface area contributed by atoms with Crippen LogP contribution >= 0.6 is 11.8 Å². The molecule has 10 nitrogen and oxygen atoms in total. The second-order valence-electron chi connectivity index (χ2n) is 10.1. The molecule has 0 aromatic heterocycles. The Labute approximate surface area is 255 Å². The number of nitrogens with one attached hydrogen (secondary N) is 3. The van der Waals surface area contributed by atoms with Gasteiger partial charge in [0.05, 0.1) is 25.4 Å². The van der Waals surface area contributed by atoms with Crippen LogP contribution in [-0.4, -0.2) is 48.0 Å². The lowest BCUT2D eigenvalue weighted by molar-refractivity contribution is -0.268. The summed E-state index contributed by atoms with van der Waals surface area (Å²) in [5, 5.41) is 17.5. The van der Waals surface area contributed by atoms with Crippen LogP contribution < -0.4 is 16.0 Å². The molecule has 11 heteroatoms.